The van der Waals surface area contributed by atoms with E-state index in [0.717, 1.165) is 10.8 Å². The molecule has 1 N–H and O–H groups in total. The number of anilines is 1. The Labute approximate surface area is 172 Å². The number of carbonyl (C=O) groups is 1. The lowest BCUT2D eigenvalue weighted by molar-refractivity contribution is -0.385. The Morgan fingerprint density at radius 3 is 2.67 bits per heavy atom. The highest BCUT2D eigenvalue weighted by atomic mass is 16.6. The summed E-state index contributed by atoms with van der Waals surface area (Å²) in [5.74, 6) is -0.00550. The van der Waals surface area contributed by atoms with Gasteiger partial charge < -0.3 is 10.2 Å². The summed E-state index contributed by atoms with van der Waals surface area (Å²) in [6.45, 7) is 1.53. The number of pyridine rings is 1. The molecule has 1 atom stereocenters. The van der Waals surface area contributed by atoms with E-state index < -0.39 is 16.2 Å². The zero-order valence-electron chi connectivity index (χ0n) is 16.2. The summed E-state index contributed by atoms with van der Waals surface area (Å²) in [6.07, 6.45) is 2.59. The monoisotopic (exact) mass is 407 g/mol. The minimum atomic E-state index is -0.736. The number of hydrogen-bond acceptors (Lipinski definition) is 6. The Morgan fingerprint density at radius 1 is 1.13 bits per heavy atom. The molecule has 9 nitrogen and oxygen atoms in total. The number of nitro groups is 1. The SMILES string of the molecule is O=C1CC(CNc2nc3ccccn3c(=O)c2[N+](=O)[O-])CN1CCc1ccccc1. The Balaban J connectivity index is 1.44. The van der Waals surface area contributed by atoms with Crippen molar-refractivity contribution in [2.45, 2.75) is 12.8 Å². The maximum absolute atomic E-state index is 12.5. The number of likely N-dealkylation sites (tertiary alicyclic amines) is 1. The Kier molecular flexibility index (Phi) is 5.42. The van der Waals surface area contributed by atoms with E-state index in [1.807, 2.05) is 35.2 Å². The quantitative estimate of drug-likeness (QED) is 0.474. The number of amides is 1. The van der Waals surface area contributed by atoms with Crippen LogP contribution >= 0.6 is 0 Å². The van der Waals surface area contributed by atoms with Crippen LogP contribution in [0.1, 0.15) is 12.0 Å². The number of hydrogen-bond donors (Lipinski definition) is 1. The van der Waals surface area contributed by atoms with E-state index in [0.29, 0.717) is 31.7 Å². The third-order valence-electron chi connectivity index (χ3n) is 5.26. The molecule has 1 aromatic carbocycles. The number of benzene rings is 1. The van der Waals surface area contributed by atoms with Gasteiger partial charge >= 0.3 is 11.2 Å². The van der Waals surface area contributed by atoms with Crippen molar-refractivity contribution in [1.29, 1.82) is 0 Å². The zero-order valence-corrected chi connectivity index (χ0v) is 16.2. The second-order valence-electron chi connectivity index (χ2n) is 7.33. The molecule has 3 heterocycles. The van der Waals surface area contributed by atoms with E-state index in [1.54, 1.807) is 18.2 Å². The Bertz CT molecular complexity index is 1150. The van der Waals surface area contributed by atoms with Gasteiger partial charge in [0.1, 0.15) is 5.65 Å². The molecule has 0 aliphatic carbocycles. The third kappa shape index (κ3) is 4.00. The van der Waals surface area contributed by atoms with Crippen molar-refractivity contribution >= 4 is 23.1 Å². The molecular weight excluding hydrogens is 386 g/mol. The minimum absolute atomic E-state index is 0.0103. The first-order valence-electron chi connectivity index (χ1n) is 9.74. The topological polar surface area (TPSA) is 110 Å². The summed E-state index contributed by atoms with van der Waals surface area (Å²) < 4.78 is 1.15. The molecule has 0 bridgehead atoms. The van der Waals surface area contributed by atoms with Crippen molar-refractivity contribution < 1.29 is 9.72 Å². The second-order valence-corrected chi connectivity index (χ2v) is 7.33. The van der Waals surface area contributed by atoms with E-state index >= 15 is 0 Å². The zero-order chi connectivity index (χ0) is 21.1. The molecule has 1 aliphatic rings. The molecule has 9 heteroatoms. The summed E-state index contributed by atoms with van der Waals surface area (Å²) in [4.78, 5) is 41.6. The minimum Gasteiger partial charge on any atom is -0.364 e. The highest BCUT2D eigenvalue weighted by Gasteiger charge is 2.30. The van der Waals surface area contributed by atoms with Crippen LogP contribution in [0.15, 0.2) is 59.5 Å². The molecule has 2 aromatic heterocycles. The lowest BCUT2D eigenvalue weighted by atomic mass is 10.1. The first kappa shape index (κ1) is 19.6. The molecule has 4 rings (SSSR count). The van der Waals surface area contributed by atoms with E-state index in [-0.39, 0.29) is 17.6 Å². The highest BCUT2D eigenvalue weighted by molar-refractivity contribution is 5.78. The van der Waals surface area contributed by atoms with E-state index in [1.165, 1.54) is 11.8 Å². The van der Waals surface area contributed by atoms with Crippen LogP contribution in [0.25, 0.3) is 5.65 Å². The number of rotatable bonds is 7. The molecule has 0 spiro atoms. The van der Waals surface area contributed by atoms with Crippen LogP contribution in [0.2, 0.25) is 0 Å². The molecule has 30 heavy (non-hydrogen) atoms. The van der Waals surface area contributed by atoms with Crippen molar-refractivity contribution in [2.24, 2.45) is 5.92 Å². The van der Waals surface area contributed by atoms with Crippen LogP contribution in [0.4, 0.5) is 11.5 Å². The summed E-state index contributed by atoms with van der Waals surface area (Å²) in [7, 11) is 0. The van der Waals surface area contributed by atoms with Gasteiger partial charge in [-0.2, -0.15) is 0 Å². The van der Waals surface area contributed by atoms with Crippen molar-refractivity contribution in [3.8, 4) is 0 Å². The lowest BCUT2D eigenvalue weighted by Crippen LogP contribution is -2.28. The van der Waals surface area contributed by atoms with E-state index in [4.69, 9.17) is 0 Å². The van der Waals surface area contributed by atoms with Crippen LogP contribution in [0.5, 0.6) is 0 Å². The van der Waals surface area contributed by atoms with Crippen LogP contribution in [0, 0.1) is 16.0 Å². The third-order valence-corrected chi connectivity index (χ3v) is 5.26. The molecular formula is C21H21N5O4. The van der Waals surface area contributed by atoms with E-state index in [2.05, 4.69) is 10.3 Å². The van der Waals surface area contributed by atoms with Gasteiger partial charge in [0.15, 0.2) is 0 Å². The standard InChI is InChI=1S/C21H21N5O4/c27-18-12-16(14-24(18)11-9-15-6-2-1-3-7-15)13-22-20-19(26(29)30)21(28)25-10-5-4-8-17(25)23-20/h1-8,10,16,22H,9,11-14H2. The van der Waals surface area contributed by atoms with Crippen molar-refractivity contribution in [1.82, 2.24) is 14.3 Å². The molecule has 0 radical (unpaired) electrons. The predicted molar refractivity (Wildman–Crippen MR) is 111 cm³/mol. The van der Waals surface area contributed by atoms with Gasteiger partial charge in [-0.05, 0) is 24.1 Å². The van der Waals surface area contributed by atoms with Crippen molar-refractivity contribution in [2.75, 3.05) is 25.0 Å². The maximum atomic E-state index is 12.5. The fourth-order valence-electron chi connectivity index (χ4n) is 3.72. The predicted octanol–water partition coefficient (Wildman–Crippen LogP) is 2.11. The van der Waals surface area contributed by atoms with Gasteiger partial charge in [0.2, 0.25) is 11.7 Å². The van der Waals surface area contributed by atoms with Gasteiger partial charge in [0.25, 0.3) is 0 Å². The van der Waals surface area contributed by atoms with Gasteiger partial charge in [-0.15, -0.1) is 0 Å². The molecule has 1 aliphatic heterocycles. The fourth-order valence-corrected chi connectivity index (χ4v) is 3.72. The van der Waals surface area contributed by atoms with Gasteiger partial charge in [-0.3, -0.25) is 24.1 Å². The maximum Gasteiger partial charge on any atom is 0.376 e. The molecule has 0 saturated carbocycles. The van der Waals surface area contributed by atoms with Gasteiger partial charge in [-0.25, -0.2) is 4.98 Å². The summed E-state index contributed by atoms with van der Waals surface area (Å²) >= 11 is 0. The molecule has 154 valence electrons. The number of nitrogens with zero attached hydrogens (tertiary/aromatic N) is 4. The average molecular weight is 407 g/mol. The van der Waals surface area contributed by atoms with E-state index in [9.17, 15) is 19.7 Å². The van der Waals surface area contributed by atoms with Gasteiger partial charge in [0.05, 0.1) is 4.92 Å². The molecule has 1 amide bonds. The van der Waals surface area contributed by atoms with Crippen LogP contribution in [0.3, 0.4) is 0 Å². The fraction of sp³-hybridized carbons (Fsp3) is 0.286. The van der Waals surface area contributed by atoms with Gasteiger partial charge in [-0.1, -0.05) is 36.4 Å². The summed E-state index contributed by atoms with van der Waals surface area (Å²) in [5.41, 5.74) is 0.162. The van der Waals surface area contributed by atoms with Crippen molar-refractivity contribution in [3.63, 3.8) is 0 Å². The molecule has 1 fully saturated rings. The largest absolute Gasteiger partial charge is 0.376 e. The van der Waals surface area contributed by atoms with Crippen LogP contribution in [-0.4, -0.2) is 44.7 Å². The van der Waals surface area contributed by atoms with Crippen LogP contribution < -0.4 is 10.9 Å². The van der Waals surface area contributed by atoms with Crippen LogP contribution in [-0.2, 0) is 11.2 Å². The van der Waals surface area contributed by atoms with Crippen molar-refractivity contribution in [3.05, 3.63) is 80.8 Å². The normalized spacial score (nSPS) is 16.2. The first-order chi connectivity index (χ1) is 14.5. The average Bonchev–Trinajstić information content (AvgIpc) is 3.11. The smallest absolute Gasteiger partial charge is 0.364 e. The second kappa shape index (κ2) is 8.32. The van der Waals surface area contributed by atoms with Gasteiger partial charge in [0, 0.05) is 38.2 Å². The summed E-state index contributed by atoms with van der Waals surface area (Å²) in [6, 6.07) is 14.9. The highest BCUT2D eigenvalue weighted by Crippen LogP contribution is 2.22. The molecule has 1 unspecified atom stereocenters. The Morgan fingerprint density at radius 2 is 1.90 bits per heavy atom. The molecule has 1 saturated heterocycles. The number of nitrogens with one attached hydrogen (secondary N) is 1. The number of aromatic nitrogens is 2. The Hall–Kier alpha value is -3.75. The number of fused-ring (bicyclic) bond motifs is 1. The first-order valence-corrected chi connectivity index (χ1v) is 9.74. The lowest BCUT2D eigenvalue weighted by Gasteiger charge is -2.17. The summed E-state index contributed by atoms with van der Waals surface area (Å²) in [5, 5.41) is 14.4. The number of carbonyl (C=O) groups excluding carboxylic acids is 1. The molecule has 3 aromatic rings.